The maximum atomic E-state index is 12.9. The Morgan fingerprint density at radius 1 is 1.35 bits per heavy atom. The van der Waals surface area contributed by atoms with Gasteiger partial charge in [0.05, 0.1) is 10.2 Å². The van der Waals surface area contributed by atoms with Crippen molar-refractivity contribution in [3.8, 4) is 0 Å². The number of nitrogens with one attached hydrogen (secondary N) is 1. The zero-order valence-electron chi connectivity index (χ0n) is 9.12. The number of benzene rings is 1. The van der Waals surface area contributed by atoms with Crippen molar-refractivity contribution in [1.29, 1.82) is 0 Å². The second-order valence-electron chi connectivity index (χ2n) is 3.55. The molecule has 0 aliphatic carbocycles. The quantitative estimate of drug-likeness (QED) is 0.787. The number of nitrogens with two attached hydrogens (primary N) is 1. The zero-order chi connectivity index (χ0) is 12.9. The van der Waals surface area contributed by atoms with Gasteiger partial charge in [-0.3, -0.25) is 4.72 Å². The average Bonchev–Trinajstić information content (AvgIpc) is 2.23. The molecule has 0 atom stereocenters. The van der Waals surface area contributed by atoms with E-state index < -0.39 is 15.8 Å². The Labute approximate surface area is 109 Å². The summed E-state index contributed by atoms with van der Waals surface area (Å²) in [5.41, 5.74) is 5.62. The highest BCUT2D eigenvalue weighted by Gasteiger charge is 2.10. The first kappa shape index (κ1) is 14.4. The van der Waals surface area contributed by atoms with Gasteiger partial charge in [-0.1, -0.05) is 0 Å². The van der Waals surface area contributed by atoms with Crippen molar-refractivity contribution in [3.05, 3.63) is 28.5 Å². The van der Waals surface area contributed by atoms with Gasteiger partial charge in [0.15, 0.2) is 0 Å². The zero-order valence-corrected chi connectivity index (χ0v) is 11.5. The monoisotopic (exact) mass is 324 g/mol. The van der Waals surface area contributed by atoms with Crippen LogP contribution in [0.5, 0.6) is 0 Å². The Morgan fingerprint density at radius 3 is 2.65 bits per heavy atom. The van der Waals surface area contributed by atoms with Crippen molar-refractivity contribution in [3.63, 3.8) is 0 Å². The van der Waals surface area contributed by atoms with E-state index in [-0.39, 0.29) is 10.2 Å². The molecule has 0 radical (unpaired) electrons. The summed E-state index contributed by atoms with van der Waals surface area (Å²) in [5, 5.41) is 0. The molecule has 1 rings (SSSR count). The maximum Gasteiger partial charge on any atom is 0.232 e. The van der Waals surface area contributed by atoms with Gasteiger partial charge in [-0.25, -0.2) is 12.8 Å². The Kier molecular flexibility index (Phi) is 5.35. The van der Waals surface area contributed by atoms with E-state index in [1.165, 1.54) is 18.2 Å². The molecule has 0 aliphatic heterocycles. The summed E-state index contributed by atoms with van der Waals surface area (Å²) < 4.78 is 38.8. The van der Waals surface area contributed by atoms with Gasteiger partial charge in [-0.05, 0) is 53.5 Å². The molecular weight excluding hydrogens is 311 g/mol. The lowest BCUT2D eigenvalue weighted by molar-refractivity contribution is 0.596. The lowest BCUT2D eigenvalue weighted by Gasteiger charge is -2.08. The number of sulfonamides is 1. The molecule has 17 heavy (non-hydrogen) atoms. The van der Waals surface area contributed by atoms with Crippen LogP contribution in [0.3, 0.4) is 0 Å². The molecule has 4 nitrogen and oxygen atoms in total. The van der Waals surface area contributed by atoms with Crippen molar-refractivity contribution in [1.82, 2.24) is 0 Å². The second-order valence-corrected chi connectivity index (χ2v) is 6.24. The fourth-order valence-corrected chi connectivity index (χ4v) is 2.78. The molecule has 1 aromatic rings. The molecule has 0 fully saturated rings. The summed E-state index contributed by atoms with van der Waals surface area (Å²) in [6, 6.07) is 3.96. The lowest BCUT2D eigenvalue weighted by atomic mass is 10.3. The van der Waals surface area contributed by atoms with Crippen molar-refractivity contribution in [2.75, 3.05) is 17.0 Å². The van der Waals surface area contributed by atoms with Crippen molar-refractivity contribution in [2.24, 2.45) is 5.73 Å². The summed E-state index contributed by atoms with van der Waals surface area (Å²) >= 11 is 2.99. The lowest BCUT2D eigenvalue weighted by Crippen LogP contribution is -2.17. The molecule has 1 aromatic carbocycles. The van der Waals surface area contributed by atoms with Gasteiger partial charge >= 0.3 is 0 Å². The molecule has 0 amide bonds. The second kappa shape index (κ2) is 6.32. The van der Waals surface area contributed by atoms with Gasteiger partial charge in [0.2, 0.25) is 10.0 Å². The summed E-state index contributed by atoms with van der Waals surface area (Å²) in [5.74, 6) is -0.421. The van der Waals surface area contributed by atoms with Crippen LogP contribution in [0.15, 0.2) is 22.7 Å². The fraction of sp³-hybridized carbons (Fsp3) is 0.400. The van der Waals surface area contributed by atoms with Gasteiger partial charge in [0.25, 0.3) is 0 Å². The van der Waals surface area contributed by atoms with Crippen molar-refractivity contribution < 1.29 is 12.8 Å². The topological polar surface area (TPSA) is 72.2 Å². The van der Waals surface area contributed by atoms with Crippen LogP contribution in [-0.2, 0) is 10.0 Å². The fourth-order valence-electron chi connectivity index (χ4n) is 1.23. The highest BCUT2D eigenvalue weighted by atomic mass is 79.9. The molecule has 96 valence electrons. The maximum absolute atomic E-state index is 12.9. The molecular formula is C10H14BrFN2O2S. The van der Waals surface area contributed by atoms with Gasteiger partial charge in [0.1, 0.15) is 5.82 Å². The van der Waals surface area contributed by atoms with Crippen LogP contribution in [0.2, 0.25) is 0 Å². The minimum absolute atomic E-state index is 0.0131. The van der Waals surface area contributed by atoms with E-state index in [9.17, 15) is 12.8 Å². The van der Waals surface area contributed by atoms with Crippen molar-refractivity contribution in [2.45, 2.75) is 12.8 Å². The Balaban J connectivity index is 2.66. The van der Waals surface area contributed by atoms with E-state index >= 15 is 0 Å². The number of hydrogen-bond donors (Lipinski definition) is 2. The van der Waals surface area contributed by atoms with Gasteiger partial charge in [-0.15, -0.1) is 0 Å². The summed E-state index contributed by atoms with van der Waals surface area (Å²) in [7, 11) is -3.39. The van der Waals surface area contributed by atoms with E-state index in [1.54, 1.807) is 0 Å². The van der Waals surface area contributed by atoms with Gasteiger partial charge in [-0.2, -0.15) is 0 Å². The number of anilines is 1. The predicted octanol–water partition coefficient (Wildman–Crippen LogP) is 2.07. The van der Waals surface area contributed by atoms with Gasteiger partial charge in [0, 0.05) is 5.69 Å². The third-order valence-electron chi connectivity index (χ3n) is 2.06. The van der Waals surface area contributed by atoms with E-state index in [0.29, 0.717) is 25.1 Å². The van der Waals surface area contributed by atoms with E-state index in [0.717, 1.165) is 0 Å². The predicted molar refractivity (Wildman–Crippen MR) is 69.8 cm³/mol. The van der Waals surface area contributed by atoms with Crippen LogP contribution >= 0.6 is 15.9 Å². The standard InChI is InChI=1S/C10H14BrFN2O2S/c11-9-7-8(3-4-10(9)12)14-17(15,16)6-2-1-5-13/h3-4,7,14H,1-2,5-6,13H2. The molecule has 0 bridgehead atoms. The Hall–Kier alpha value is -0.660. The molecule has 0 heterocycles. The molecule has 0 unspecified atom stereocenters. The summed E-state index contributed by atoms with van der Waals surface area (Å²) in [6.45, 7) is 0.470. The van der Waals surface area contributed by atoms with Crippen LogP contribution < -0.4 is 10.5 Å². The number of hydrogen-bond acceptors (Lipinski definition) is 3. The summed E-state index contributed by atoms with van der Waals surface area (Å²) in [6.07, 6.45) is 1.17. The number of rotatable bonds is 6. The molecule has 0 spiro atoms. The van der Waals surface area contributed by atoms with E-state index in [2.05, 4.69) is 20.7 Å². The first-order valence-corrected chi connectivity index (χ1v) is 7.55. The smallest absolute Gasteiger partial charge is 0.232 e. The molecule has 3 N–H and O–H groups in total. The van der Waals surface area contributed by atoms with Crippen LogP contribution in [0.1, 0.15) is 12.8 Å². The summed E-state index contributed by atoms with van der Waals surface area (Å²) in [4.78, 5) is 0. The van der Waals surface area contributed by atoms with Crippen LogP contribution in [0, 0.1) is 5.82 Å². The molecule has 0 saturated heterocycles. The Bertz CT molecular complexity index is 479. The number of halogens is 2. The molecule has 0 aromatic heterocycles. The first-order chi connectivity index (χ1) is 7.94. The SMILES string of the molecule is NCCCCS(=O)(=O)Nc1ccc(F)c(Br)c1. The number of unbranched alkanes of at least 4 members (excludes halogenated alkanes) is 1. The third kappa shape index (κ3) is 5.01. The minimum atomic E-state index is -3.39. The normalized spacial score (nSPS) is 11.5. The third-order valence-corrected chi connectivity index (χ3v) is 4.04. The van der Waals surface area contributed by atoms with Crippen molar-refractivity contribution >= 4 is 31.6 Å². The van der Waals surface area contributed by atoms with Crippen LogP contribution in [0.25, 0.3) is 0 Å². The minimum Gasteiger partial charge on any atom is -0.330 e. The first-order valence-electron chi connectivity index (χ1n) is 5.10. The average molecular weight is 325 g/mol. The van der Waals surface area contributed by atoms with E-state index in [4.69, 9.17) is 5.73 Å². The molecule has 7 heteroatoms. The van der Waals surface area contributed by atoms with Crippen LogP contribution in [-0.4, -0.2) is 20.7 Å². The van der Waals surface area contributed by atoms with Crippen LogP contribution in [0.4, 0.5) is 10.1 Å². The van der Waals surface area contributed by atoms with Gasteiger partial charge < -0.3 is 5.73 Å². The highest BCUT2D eigenvalue weighted by Crippen LogP contribution is 2.20. The largest absolute Gasteiger partial charge is 0.330 e. The Morgan fingerprint density at radius 2 is 2.06 bits per heavy atom. The van der Waals surface area contributed by atoms with E-state index in [1.807, 2.05) is 0 Å². The highest BCUT2D eigenvalue weighted by molar-refractivity contribution is 9.10. The molecule has 0 aliphatic rings. The molecule has 0 saturated carbocycles.